The number of methoxy groups -OCH3 is 2. The van der Waals surface area contributed by atoms with E-state index in [-0.39, 0.29) is 6.10 Å². The van der Waals surface area contributed by atoms with Crippen molar-refractivity contribution in [3.8, 4) is 17.2 Å². The van der Waals surface area contributed by atoms with Crippen LogP contribution in [0.3, 0.4) is 0 Å². The van der Waals surface area contributed by atoms with Crippen LogP contribution in [0.2, 0.25) is 0 Å². The third kappa shape index (κ3) is 4.84. The number of ether oxygens (including phenoxy) is 3. The van der Waals surface area contributed by atoms with E-state index in [2.05, 4.69) is 28.6 Å². The molecule has 1 aliphatic rings. The normalized spacial score (nSPS) is 15.7. The zero-order valence-corrected chi connectivity index (χ0v) is 16.1. The Morgan fingerprint density at radius 1 is 1.11 bits per heavy atom. The SMILES string of the molecule is CCNC(=NCc1ccc(OC)c(OC)c1)NCC1Cc2ccccc2O1. The van der Waals surface area contributed by atoms with E-state index >= 15 is 0 Å². The van der Waals surface area contributed by atoms with Gasteiger partial charge in [0.25, 0.3) is 0 Å². The smallest absolute Gasteiger partial charge is 0.191 e. The van der Waals surface area contributed by atoms with Gasteiger partial charge in [0.05, 0.1) is 27.3 Å². The molecule has 144 valence electrons. The van der Waals surface area contributed by atoms with Crippen LogP contribution >= 0.6 is 0 Å². The molecule has 1 aliphatic heterocycles. The number of benzene rings is 2. The highest BCUT2D eigenvalue weighted by molar-refractivity contribution is 5.79. The van der Waals surface area contributed by atoms with Gasteiger partial charge in [0.15, 0.2) is 17.5 Å². The Hall–Kier alpha value is -2.89. The van der Waals surface area contributed by atoms with E-state index < -0.39 is 0 Å². The predicted molar refractivity (Wildman–Crippen MR) is 107 cm³/mol. The van der Waals surface area contributed by atoms with Crippen molar-refractivity contribution in [3.63, 3.8) is 0 Å². The first kappa shape index (κ1) is 18.9. The average Bonchev–Trinajstić information content (AvgIpc) is 3.12. The lowest BCUT2D eigenvalue weighted by Crippen LogP contribution is -2.42. The van der Waals surface area contributed by atoms with Gasteiger partial charge < -0.3 is 24.8 Å². The molecular weight excluding hydrogens is 342 g/mol. The van der Waals surface area contributed by atoms with Crippen molar-refractivity contribution in [1.82, 2.24) is 10.6 Å². The molecule has 0 amide bonds. The number of hydrogen-bond acceptors (Lipinski definition) is 4. The summed E-state index contributed by atoms with van der Waals surface area (Å²) in [6.45, 7) is 4.09. The second-order valence-corrected chi connectivity index (χ2v) is 6.32. The molecule has 0 aromatic heterocycles. The summed E-state index contributed by atoms with van der Waals surface area (Å²) in [6, 6.07) is 14.0. The number of hydrogen-bond donors (Lipinski definition) is 2. The number of aliphatic imine (C=N–C) groups is 1. The van der Waals surface area contributed by atoms with Crippen molar-refractivity contribution in [1.29, 1.82) is 0 Å². The van der Waals surface area contributed by atoms with Crippen molar-refractivity contribution >= 4 is 5.96 Å². The highest BCUT2D eigenvalue weighted by atomic mass is 16.5. The number of nitrogens with zero attached hydrogens (tertiary/aromatic N) is 1. The fourth-order valence-electron chi connectivity index (χ4n) is 3.07. The molecule has 1 heterocycles. The first-order chi connectivity index (χ1) is 13.2. The lowest BCUT2D eigenvalue weighted by molar-refractivity contribution is 0.235. The summed E-state index contributed by atoms with van der Waals surface area (Å²) >= 11 is 0. The van der Waals surface area contributed by atoms with Gasteiger partial charge in [-0.25, -0.2) is 4.99 Å². The predicted octanol–water partition coefficient (Wildman–Crippen LogP) is 2.76. The highest BCUT2D eigenvalue weighted by Gasteiger charge is 2.22. The molecule has 0 bridgehead atoms. The Bertz CT molecular complexity index is 767. The minimum absolute atomic E-state index is 0.118. The van der Waals surface area contributed by atoms with Gasteiger partial charge in [-0.15, -0.1) is 0 Å². The molecule has 2 N–H and O–H groups in total. The maximum absolute atomic E-state index is 5.98. The highest BCUT2D eigenvalue weighted by Crippen LogP contribution is 2.28. The van der Waals surface area contributed by atoms with Crippen molar-refractivity contribution in [2.24, 2.45) is 4.99 Å². The number of para-hydroxylation sites is 1. The average molecular weight is 369 g/mol. The van der Waals surface area contributed by atoms with E-state index in [0.29, 0.717) is 24.6 Å². The molecule has 6 heteroatoms. The Morgan fingerprint density at radius 3 is 2.67 bits per heavy atom. The summed E-state index contributed by atoms with van der Waals surface area (Å²) in [5.41, 5.74) is 2.31. The maximum Gasteiger partial charge on any atom is 0.191 e. The zero-order chi connectivity index (χ0) is 19.1. The largest absolute Gasteiger partial charge is 0.493 e. The zero-order valence-electron chi connectivity index (χ0n) is 16.1. The molecular formula is C21H27N3O3. The van der Waals surface area contributed by atoms with Gasteiger partial charge in [0, 0.05) is 13.0 Å². The van der Waals surface area contributed by atoms with E-state index in [4.69, 9.17) is 14.2 Å². The summed E-state index contributed by atoms with van der Waals surface area (Å²) < 4.78 is 16.6. The fraction of sp³-hybridized carbons (Fsp3) is 0.381. The molecule has 0 saturated carbocycles. The van der Waals surface area contributed by atoms with Crippen LogP contribution in [0.25, 0.3) is 0 Å². The molecule has 1 atom stereocenters. The number of fused-ring (bicyclic) bond motifs is 1. The molecule has 2 aromatic carbocycles. The van der Waals surface area contributed by atoms with Crippen LogP contribution in [0, 0.1) is 0 Å². The number of rotatable bonds is 7. The van der Waals surface area contributed by atoms with E-state index in [0.717, 1.165) is 30.2 Å². The molecule has 0 fully saturated rings. The third-order valence-electron chi connectivity index (χ3n) is 4.42. The van der Waals surface area contributed by atoms with Crippen molar-refractivity contribution in [3.05, 3.63) is 53.6 Å². The summed E-state index contributed by atoms with van der Waals surface area (Å²) in [5.74, 6) is 3.18. The van der Waals surface area contributed by atoms with Crippen LogP contribution in [0.1, 0.15) is 18.1 Å². The topological polar surface area (TPSA) is 64.1 Å². The standard InChI is InChI=1S/C21H27N3O3/c1-4-22-21(23-13-15-9-10-19(25-2)20(11-15)26-3)24-14-17-12-16-7-5-6-8-18(16)27-17/h5-11,17H,4,12-14H2,1-3H3,(H2,22,23,24). The monoisotopic (exact) mass is 369 g/mol. The van der Waals surface area contributed by atoms with Crippen LogP contribution in [0.15, 0.2) is 47.5 Å². The molecule has 2 aromatic rings. The Labute approximate surface area is 160 Å². The number of nitrogens with one attached hydrogen (secondary N) is 2. The summed E-state index contributed by atoms with van der Waals surface area (Å²) in [5, 5.41) is 6.65. The molecule has 0 saturated heterocycles. The van der Waals surface area contributed by atoms with Gasteiger partial charge >= 0.3 is 0 Å². The molecule has 1 unspecified atom stereocenters. The second kappa shape index (κ2) is 9.16. The van der Waals surface area contributed by atoms with Crippen LogP contribution in [-0.2, 0) is 13.0 Å². The second-order valence-electron chi connectivity index (χ2n) is 6.32. The Kier molecular flexibility index (Phi) is 6.41. The lowest BCUT2D eigenvalue weighted by Gasteiger charge is -2.15. The van der Waals surface area contributed by atoms with Gasteiger partial charge in [-0.1, -0.05) is 24.3 Å². The first-order valence-electron chi connectivity index (χ1n) is 9.21. The minimum atomic E-state index is 0.118. The minimum Gasteiger partial charge on any atom is -0.493 e. The molecule has 3 rings (SSSR count). The summed E-state index contributed by atoms with van der Waals surface area (Å²) in [6.07, 6.45) is 1.03. The van der Waals surface area contributed by atoms with E-state index in [1.807, 2.05) is 36.4 Å². The third-order valence-corrected chi connectivity index (χ3v) is 4.42. The van der Waals surface area contributed by atoms with Crippen molar-refractivity contribution < 1.29 is 14.2 Å². The van der Waals surface area contributed by atoms with Gasteiger partial charge in [-0.3, -0.25) is 0 Å². The van der Waals surface area contributed by atoms with E-state index in [1.165, 1.54) is 5.56 Å². The molecule has 0 spiro atoms. The van der Waals surface area contributed by atoms with Gasteiger partial charge in [0.1, 0.15) is 11.9 Å². The van der Waals surface area contributed by atoms with Crippen LogP contribution < -0.4 is 24.8 Å². The van der Waals surface area contributed by atoms with Gasteiger partial charge in [0.2, 0.25) is 0 Å². The Morgan fingerprint density at radius 2 is 1.93 bits per heavy atom. The Balaban J connectivity index is 1.59. The van der Waals surface area contributed by atoms with Crippen molar-refractivity contribution in [2.75, 3.05) is 27.3 Å². The molecule has 6 nitrogen and oxygen atoms in total. The maximum atomic E-state index is 5.98. The van der Waals surface area contributed by atoms with Crippen LogP contribution in [-0.4, -0.2) is 39.4 Å². The summed E-state index contributed by atoms with van der Waals surface area (Å²) in [7, 11) is 3.27. The molecule has 0 aliphatic carbocycles. The molecule has 0 radical (unpaired) electrons. The van der Waals surface area contributed by atoms with Gasteiger partial charge in [-0.2, -0.15) is 0 Å². The summed E-state index contributed by atoms with van der Waals surface area (Å²) in [4.78, 5) is 4.67. The van der Waals surface area contributed by atoms with E-state index in [1.54, 1.807) is 14.2 Å². The van der Waals surface area contributed by atoms with Crippen molar-refractivity contribution in [2.45, 2.75) is 26.0 Å². The quantitative estimate of drug-likeness (QED) is 0.580. The van der Waals surface area contributed by atoms with Gasteiger partial charge in [-0.05, 0) is 36.2 Å². The number of guanidine groups is 1. The first-order valence-corrected chi connectivity index (χ1v) is 9.21. The fourth-order valence-corrected chi connectivity index (χ4v) is 3.07. The lowest BCUT2D eigenvalue weighted by atomic mass is 10.1. The molecule has 27 heavy (non-hydrogen) atoms. The van der Waals surface area contributed by atoms with Crippen LogP contribution in [0.5, 0.6) is 17.2 Å². The van der Waals surface area contributed by atoms with Crippen LogP contribution in [0.4, 0.5) is 0 Å². The van der Waals surface area contributed by atoms with E-state index in [9.17, 15) is 0 Å².